The lowest BCUT2D eigenvalue weighted by Crippen LogP contribution is -2.10. The molecule has 0 aromatic heterocycles. The molecule has 0 saturated carbocycles. The maximum atomic E-state index is 12.0. The fourth-order valence-corrected chi connectivity index (χ4v) is 2.96. The van der Waals surface area contributed by atoms with Gasteiger partial charge >= 0.3 is 0 Å². The molecule has 2 rings (SSSR count). The first-order chi connectivity index (χ1) is 10.2. The Hall–Kier alpha value is -1.35. The molecule has 1 aliphatic rings. The number of ketones is 1. The van der Waals surface area contributed by atoms with Crippen molar-refractivity contribution in [2.24, 2.45) is 11.7 Å². The van der Waals surface area contributed by atoms with E-state index in [1.54, 1.807) is 0 Å². The zero-order valence-electron chi connectivity index (χ0n) is 13.1. The average Bonchev–Trinajstić information content (AvgIpc) is 2.96. The first-order valence-corrected chi connectivity index (χ1v) is 8.19. The zero-order valence-corrected chi connectivity index (χ0v) is 13.1. The van der Waals surface area contributed by atoms with Gasteiger partial charge in [0, 0.05) is 19.3 Å². The summed E-state index contributed by atoms with van der Waals surface area (Å²) in [5.74, 6) is 2.00. The fraction of sp³-hybridized carbons (Fsp3) is 0.611. The van der Waals surface area contributed by atoms with E-state index in [4.69, 9.17) is 10.5 Å². The minimum Gasteiger partial charge on any atom is -0.493 e. The molecule has 116 valence electrons. The van der Waals surface area contributed by atoms with Gasteiger partial charge in [0.25, 0.3) is 0 Å². The second kappa shape index (κ2) is 8.18. The van der Waals surface area contributed by atoms with E-state index < -0.39 is 0 Å². The van der Waals surface area contributed by atoms with Crippen LogP contribution in [0.15, 0.2) is 18.2 Å². The first-order valence-electron chi connectivity index (χ1n) is 8.19. The smallest absolute Gasteiger partial charge is 0.133 e. The van der Waals surface area contributed by atoms with Crippen LogP contribution in [0.1, 0.15) is 50.2 Å². The molecule has 0 fully saturated rings. The molecular weight excluding hydrogens is 262 g/mol. The number of aryl methyl sites for hydroxylation is 1. The van der Waals surface area contributed by atoms with Crippen molar-refractivity contribution >= 4 is 5.78 Å². The van der Waals surface area contributed by atoms with Crippen LogP contribution in [0.3, 0.4) is 0 Å². The van der Waals surface area contributed by atoms with E-state index in [0.717, 1.165) is 51.0 Å². The summed E-state index contributed by atoms with van der Waals surface area (Å²) in [5.41, 5.74) is 8.13. The highest BCUT2D eigenvalue weighted by Gasteiger charge is 2.13. The van der Waals surface area contributed by atoms with Gasteiger partial charge in [0.05, 0.1) is 6.61 Å². The van der Waals surface area contributed by atoms with Gasteiger partial charge in [-0.2, -0.15) is 0 Å². The van der Waals surface area contributed by atoms with E-state index in [1.807, 2.05) is 6.07 Å². The summed E-state index contributed by atoms with van der Waals surface area (Å²) < 4.78 is 5.50. The minimum atomic E-state index is 0.377. The Morgan fingerprint density at radius 1 is 1.33 bits per heavy atom. The molecule has 1 aromatic rings. The number of carbonyl (C=O) groups excluding carboxylic acids is 1. The van der Waals surface area contributed by atoms with Crippen LogP contribution in [0, 0.1) is 5.92 Å². The summed E-state index contributed by atoms with van der Waals surface area (Å²) in [5, 5.41) is 0. The van der Waals surface area contributed by atoms with Crippen molar-refractivity contribution in [2.75, 3.05) is 13.2 Å². The predicted molar refractivity (Wildman–Crippen MR) is 85.7 cm³/mol. The van der Waals surface area contributed by atoms with Crippen LogP contribution in [0.4, 0.5) is 0 Å². The lowest BCUT2D eigenvalue weighted by molar-refractivity contribution is -0.119. The van der Waals surface area contributed by atoms with Gasteiger partial charge in [-0.25, -0.2) is 0 Å². The van der Waals surface area contributed by atoms with E-state index in [2.05, 4.69) is 19.1 Å². The normalized spacial score (nSPS) is 14.6. The number of carbonyl (C=O) groups is 1. The Morgan fingerprint density at radius 3 is 2.95 bits per heavy atom. The Balaban J connectivity index is 1.73. The van der Waals surface area contributed by atoms with Gasteiger partial charge in [-0.1, -0.05) is 25.5 Å². The maximum Gasteiger partial charge on any atom is 0.133 e. The molecule has 3 heteroatoms. The highest BCUT2D eigenvalue weighted by atomic mass is 16.5. The monoisotopic (exact) mass is 289 g/mol. The summed E-state index contributed by atoms with van der Waals surface area (Å²) in [6, 6.07) is 6.32. The van der Waals surface area contributed by atoms with Crippen molar-refractivity contribution in [1.82, 2.24) is 0 Å². The van der Waals surface area contributed by atoms with Gasteiger partial charge in [-0.3, -0.25) is 4.79 Å². The van der Waals surface area contributed by atoms with Crippen molar-refractivity contribution in [1.29, 1.82) is 0 Å². The maximum absolute atomic E-state index is 12.0. The van der Waals surface area contributed by atoms with Crippen LogP contribution in [-0.2, 0) is 17.6 Å². The highest BCUT2D eigenvalue weighted by molar-refractivity contribution is 5.78. The number of hydrogen-bond acceptors (Lipinski definition) is 3. The predicted octanol–water partition coefficient (Wildman–Crippen LogP) is 3.28. The van der Waals surface area contributed by atoms with Gasteiger partial charge < -0.3 is 10.5 Å². The van der Waals surface area contributed by atoms with Crippen molar-refractivity contribution in [2.45, 2.75) is 51.9 Å². The molecule has 0 aliphatic carbocycles. The molecule has 0 amide bonds. The molecule has 1 unspecified atom stereocenters. The zero-order chi connectivity index (χ0) is 15.1. The van der Waals surface area contributed by atoms with Crippen molar-refractivity contribution < 1.29 is 9.53 Å². The minimum absolute atomic E-state index is 0.377. The Morgan fingerprint density at radius 2 is 2.19 bits per heavy atom. The number of nitrogens with two attached hydrogens (primary N) is 1. The summed E-state index contributed by atoms with van der Waals surface area (Å²) in [6.45, 7) is 3.69. The number of hydrogen-bond donors (Lipinski definition) is 1. The molecule has 0 saturated heterocycles. The number of ether oxygens (including phenoxy) is 1. The number of rotatable bonds is 9. The second-order valence-electron chi connectivity index (χ2n) is 5.97. The van der Waals surface area contributed by atoms with Gasteiger partial charge in [-0.15, -0.1) is 0 Å². The Labute approximate surface area is 127 Å². The lowest BCUT2D eigenvalue weighted by atomic mass is 9.94. The lowest BCUT2D eigenvalue weighted by Gasteiger charge is -2.12. The van der Waals surface area contributed by atoms with Gasteiger partial charge in [0.15, 0.2) is 0 Å². The van der Waals surface area contributed by atoms with Crippen molar-refractivity contribution in [3.05, 3.63) is 29.3 Å². The van der Waals surface area contributed by atoms with Crippen molar-refractivity contribution in [3.63, 3.8) is 0 Å². The molecule has 0 bridgehead atoms. The van der Waals surface area contributed by atoms with Crippen LogP contribution in [0.25, 0.3) is 0 Å². The molecule has 1 aromatic carbocycles. The van der Waals surface area contributed by atoms with Crippen LogP contribution in [0.5, 0.6) is 5.75 Å². The van der Waals surface area contributed by atoms with E-state index in [0.29, 0.717) is 24.5 Å². The summed E-state index contributed by atoms with van der Waals surface area (Å²) in [6.07, 6.45) is 6.34. The standard InChI is InChI=1S/C18H27NO2/c1-2-14(9-11-19)3-6-17(20)7-4-15-5-8-18-16(13-15)10-12-21-18/h5,8,13-14H,2-4,6-7,9-12,19H2,1H3. The summed E-state index contributed by atoms with van der Waals surface area (Å²) >= 11 is 0. The SMILES string of the molecule is CCC(CCN)CCC(=O)CCc1ccc2c(c1)CCO2. The molecule has 21 heavy (non-hydrogen) atoms. The third-order valence-electron chi connectivity index (χ3n) is 4.43. The second-order valence-corrected chi connectivity index (χ2v) is 5.97. The Bertz CT molecular complexity index is 470. The van der Waals surface area contributed by atoms with Gasteiger partial charge in [0.2, 0.25) is 0 Å². The van der Waals surface area contributed by atoms with E-state index in [9.17, 15) is 4.79 Å². The number of fused-ring (bicyclic) bond motifs is 1. The molecule has 3 nitrogen and oxygen atoms in total. The van der Waals surface area contributed by atoms with Gasteiger partial charge in [0.1, 0.15) is 11.5 Å². The topological polar surface area (TPSA) is 52.3 Å². The van der Waals surface area contributed by atoms with E-state index >= 15 is 0 Å². The fourth-order valence-electron chi connectivity index (χ4n) is 2.96. The van der Waals surface area contributed by atoms with Crippen LogP contribution in [0.2, 0.25) is 0 Å². The summed E-state index contributed by atoms with van der Waals surface area (Å²) in [7, 11) is 0. The highest BCUT2D eigenvalue weighted by Crippen LogP contribution is 2.26. The van der Waals surface area contributed by atoms with Crippen LogP contribution >= 0.6 is 0 Å². The quantitative estimate of drug-likeness (QED) is 0.759. The summed E-state index contributed by atoms with van der Waals surface area (Å²) in [4.78, 5) is 12.0. The van der Waals surface area contributed by atoms with E-state index in [-0.39, 0.29) is 0 Å². The molecule has 1 aliphatic heterocycles. The van der Waals surface area contributed by atoms with Crippen molar-refractivity contribution in [3.8, 4) is 5.75 Å². The molecule has 0 radical (unpaired) electrons. The molecule has 0 spiro atoms. The largest absolute Gasteiger partial charge is 0.493 e. The Kier molecular flexibility index (Phi) is 6.24. The molecule has 2 N–H and O–H groups in total. The average molecular weight is 289 g/mol. The van der Waals surface area contributed by atoms with Crippen LogP contribution < -0.4 is 10.5 Å². The third-order valence-corrected chi connectivity index (χ3v) is 4.43. The van der Waals surface area contributed by atoms with E-state index in [1.165, 1.54) is 11.1 Å². The molecule has 1 atom stereocenters. The third kappa shape index (κ3) is 4.85. The van der Waals surface area contributed by atoms with Crippen LogP contribution in [-0.4, -0.2) is 18.9 Å². The molecule has 1 heterocycles. The van der Waals surface area contributed by atoms with Gasteiger partial charge in [-0.05, 0) is 48.9 Å². The first kappa shape index (κ1) is 16.0. The molecular formula is C18H27NO2. The number of Topliss-reactive ketones (excluding diaryl/α,β-unsaturated/α-hetero) is 1. The number of benzene rings is 1.